The number of nitriles is 1. The molecule has 0 aromatic rings. The Hall–Kier alpha value is -1.81. The Balaban J connectivity index is 2.49. The third-order valence-corrected chi connectivity index (χ3v) is 2.91. The SMILES string of the molecule is CC(C)(CCC(=O)O)NC(=O)N1CCOC(C#N)C1. The molecule has 0 aromatic carbocycles. The van der Waals surface area contributed by atoms with Crippen LogP contribution in [0.4, 0.5) is 4.79 Å². The zero-order valence-corrected chi connectivity index (χ0v) is 11.2. The number of nitrogens with one attached hydrogen (secondary N) is 1. The Kier molecular flexibility index (Phi) is 5.12. The lowest BCUT2D eigenvalue weighted by Gasteiger charge is -2.34. The molecule has 1 aliphatic heterocycles. The fraction of sp³-hybridized carbons (Fsp3) is 0.750. The molecule has 7 heteroatoms. The van der Waals surface area contributed by atoms with Crippen molar-refractivity contribution in [2.75, 3.05) is 19.7 Å². The van der Waals surface area contributed by atoms with Crippen LogP contribution in [0.5, 0.6) is 0 Å². The molecule has 1 rings (SSSR count). The molecule has 106 valence electrons. The lowest BCUT2D eigenvalue weighted by molar-refractivity contribution is -0.137. The van der Waals surface area contributed by atoms with E-state index in [-0.39, 0.29) is 19.0 Å². The summed E-state index contributed by atoms with van der Waals surface area (Å²) in [7, 11) is 0. The molecule has 2 amide bonds. The summed E-state index contributed by atoms with van der Waals surface area (Å²) in [6, 6.07) is 1.68. The largest absolute Gasteiger partial charge is 0.481 e. The van der Waals surface area contributed by atoms with Crippen LogP contribution >= 0.6 is 0 Å². The highest BCUT2D eigenvalue weighted by Gasteiger charge is 2.28. The number of rotatable bonds is 4. The highest BCUT2D eigenvalue weighted by Crippen LogP contribution is 2.13. The van der Waals surface area contributed by atoms with Crippen molar-refractivity contribution in [3.8, 4) is 6.07 Å². The molecule has 0 spiro atoms. The van der Waals surface area contributed by atoms with E-state index in [1.807, 2.05) is 6.07 Å². The predicted octanol–water partition coefficient (Wildman–Crippen LogP) is 0.564. The zero-order valence-electron chi connectivity index (χ0n) is 11.2. The molecule has 1 fully saturated rings. The van der Waals surface area contributed by atoms with Gasteiger partial charge in [0.05, 0.1) is 19.2 Å². The number of ether oxygens (including phenoxy) is 1. The second-order valence-electron chi connectivity index (χ2n) is 5.14. The number of amides is 2. The van der Waals surface area contributed by atoms with Gasteiger partial charge in [-0.05, 0) is 20.3 Å². The summed E-state index contributed by atoms with van der Waals surface area (Å²) < 4.78 is 5.16. The van der Waals surface area contributed by atoms with E-state index in [1.54, 1.807) is 13.8 Å². The van der Waals surface area contributed by atoms with E-state index in [0.29, 0.717) is 19.6 Å². The minimum atomic E-state index is -0.891. The third-order valence-electron chi connectivity index (χ3n) is 2.91. The number of carboxylic acids is 1. The van der Waals surface area contributed by atoms with Gasteiger partial charge < -0.3 is 20.1 Å². The Bertz CT molecular complexity index is 389. The van der Waals surface area contributed by atoms with Crippen molar-refractivity contribution in [2.45, 2.75) is 38.3 Å². The van der Waals surface area contributed by atoms with Gasteiger partial charge >= 0.3 is 12.0 Å². The van der Waals surface area contributed by atoms with Crippen LogP contribution < -0.4 is 5.32 Å². The smallest absolute Gasteiger partial charge is 0.318 e. The average molecular weight is 269 g/mol. The topological polar surface area (TPSA) is 103 Å². The minimum absolute atomic E-state index is 0.00277. The molecule has 1 aliphatic rings. The van der Waals surface area contributed by atoms with E-state index in [1.165, 1.54) is 4.90 Å². The molecule has 2 N–H and O–H groups in total. The van der Waals surface area contributed by atoms with Crippen molar-refractivity contribution in [1.82, 2.24) is 10.2 Å². The van der Waals surface area contributed by atoms with Gasteiger partial charge in [0, 0.05) is 18.5 Å². The van der Waals surface area contributed by atoms with Gasteiger partial charge in [-0.3, -0.25) is 4.79 Å². The highest BCUT2D eigenvalue weighted by molar-refractivity contribution is 5.75. The standard InChI is InChI=1S/C12H19N3O4/c1-12(2,4-3-10(16)17)14-11(18)15-5-6-19-9(7-13)8-15/h9H,3-6,8H2,1-2H3,(H,14,18)(H,16,17). The van der Waals surface area contributed by atoms with Crippen LogP contribution in [0, 0.1) is 11.3 Å². The fourth-order valence-corrected chi connectivity index (χ4v) is 1.76. The molecular formula is C12H19N3O4. The first-order valence-electron chi connectivity index (χ1n) is 6.14. The zero-order chi connectivity index (χ0) is 14.5. The Morgan fingerprint density at radius 1 is 1.58 bits per heavy atom. The molecule has 19 heavy (non-hydrogen) atoms. The summed E-state index contributed by atoms with van der Waals surface area (Å²) in [5.41, 5.74) is -0.601. The van der Waals surface area contributed by atoms with Crippen molar-refractivity contribution in [3.05, 3.63) is 0 Å². The monoisotopic (exact) mass is 269 g/mol. The molecular weight excluding hydrogens is 250 g/mol. The van der Waals surface area contributed by atoms with E-state index < -0.39 is 17.6 Å². The Labute approximate surface area is 112 Å². The van der Waals surface area contributed by atoms with Gasteiger partial charge in [0.2, 0.25) is 0 Å². The average Bonchev–Trinajstić information content (AvgIpc) is 2.36. The van der Waals surface area contributed by atoms with Crippen molar-refractivity contribution in [3.63, 3.8) is 0 Å². The number of morpholine rings is 1. The van der Waals surface area contributed by atoms with Gasteiger partial charge in [0.15, 0.2) is 6.10 Å². The number of hydrogen-bond donors (Lipinski definition) is 2. The predicted molar refractivity (Wildman–Crippen MR) is 66.4 cm³/mol. The summed E-state index contributed by atoms with van der Waals surface area (Å²) in [5, 5.41) is 20.2. The van der Waals surface area contributed by atoms with Crippen molar-refractivity contribution in [1.29, 1.82) is 5.26 Å². The maximum atomic E-state index is 12.0. The molecule has 0 aromatic heterocycles. The van der Waals surface area contributed by atoms with Gasteiger partial charge in [-0.15, -0.1) is 0 Å². The van der Waals surface area contributed by atoms with E-state index in [0.717, 1.165) is 0 Å². The highest BCUT2D eigenvalue weighted by atomic mass is 16.5. The molecule has 1 heterocycles. The van der Waals surface area contributed by atoms with Crippen molar-refractivity contribution in [2.24, 2.45) is 0 Å². The minimum Gasteiger partial charge on any atom is -0.481 e. The van der Waals surface area contributed by atoms with Crippen LogP contribution in [0.15, 0.2) is 0 Å². The second kappa shape index (κ2) is 6.38. The molecule has 0 bridgehead atoms. The van der Waals surface area contributed by atoms with Gasteiger partial charge in [0.25, 0.3) is 0 Å². The van der Waals surface area contributed by atoms with Crippen LogP contribution in [0.25, 0.3) is 0 Å². The summed E-state index contributed by atoms with van der Waals surface area (Å²) in [4.78, 5) is 24.1. The number of carbonyl (C=O) groups excluding carboxylic acids is 1. The van der Waals surface area contributed by atoms with Crippen LogP contribution in [0.3, 0.4) is 0 Å². The summed E-state index contributed by atoms with van der Waals surface area (Å²) in [6.07, 6.45) is -0.251. The number of nitrogens with zero attached hydrogens (tertiary/aromatic N) is 2. The third kappa shape index (κ3) is 5.14. The number of carboxylic acid groups (broad SMARTS) is 1. The van der Waals surface area contributed by atoms with E-state index in [4.69, 9.17) is 15.1 Å². The lowest BCUT2D eigenvalue weighted by Crippen LogP contribution is -2.54. The molecule has 1 atom stereocenters. The first-order chi connectivity index (χ1) is 8.84. The Morgan fingerprint density at radius 2 is 2.26 bits per heavy atom. The summed E-state index contributed by atoms with van der Waals surface area (Å²) in [5.74, 6) is -0.891. The maximum absolute atomic E-state index is 12.0. The number of aliphatic carboxylic acids is 1. The number of urea groups is 1. The van der Waals surface area contributed by atoms with Gasteiger partial charge in [-0.2, -0.15) is 5.26 Å². The first kappa shape index (κ1) is 15.2. The van der Waals surface area contributed by atoms with E-state index >= 15 is 0 Å². The van der Waals surface area contributed by atoms with Gasteiger partial charge in [-0.1, -0.05) is 0 Å². The number of hydrogen-bond acceptors (Lipinski definition) is 4. The Morgan fingerprint density at radius 3 is 2.84 bits per heavy atom. The molecule has 0 radical (unpaired) electrons. The maximum Gasteiger partial charge on any atom is 0.318 e. The summed E-state index contributed by atoms with van der Waals surface area (Å²) >= 11 is 0. The second-order valence-corrected chi connectivity index (χ2v) is 5.14. The summed E-state index contributed by atoms with van der Waals surface area (Å²) in [6.45, 7) is 4.55. The quantitative estimate of drug-likeness (QED) is 0.776. The molecule has 1 saturated heterocycles. The van der Waals surface area contributed by atoms with Gasteiger partial charge in [-0.25, -0.2) is 4.79 Å². The fourth-order valence-electron chi connectivity index (χ4n) is 1.76. The lowest BCUT2D eigenvalue weighted by atomic mass is 9.99. The van der Waals surface area contributed by atoms with Crippen LogP contribution in [-0.4, -0.2) is 53.3 Å². The van der Waals surface area contributed by atoms with Gasteiger partial charge in [0.1, 0.15) is 0 Å². The van der Waals surface area contributed by atoms with E-state index in [9.17, 15) is 9.59 Å². The van der Waals surface area contributed by atoms with Crippen LogP contribution in [-0.2, 0) is 9.53 Å². The van der Waals surface area contributed by atoms with E-state index in [2.05, 4.69) is 5.32 Å². The van der Waals surface area contributed by atoms with Crippen molar-refractivity contribution >= 4 is 12.0 Å². The molecule has 7 nitrogen and oxygen atoms in total. The molecule has 1 unspecified atom stereocenters. The van der Waals surface area contributed by atoms with Crippen molar-refractivity contribution < 1.29 is 19.4 Å². The number of carbonyl (C=O) groups is 2. The van der Waals surface area contributed by atoms with Crippen LogP contribution in [0.2, 0.25) is 0 Å². The molecule has 0 saturated carbocycles. The normalized spacial score (nSPS) is 19.6. The van der Waals surface area contributed by atoms with Crippen LogP contribution in [0.1, 0.15) is 26.7 Å². The molecule has 0 aliphatic carbocycles. The first-order valence-corrected chi connectivity index (χ1v) is 6.14.